The second-order valence-electron chi connectivity index (χ2n) is 5.33. The lowest BCUT2D eigenvalue weighted by Gasteiger charge is -2.16. The number of carbonyl (C=O) groups excluding carboxylic acids is 1. The topological polar surface area (TPSA) is 59.6 Å². The summed E-state index contributed by atoms with van der Waals surface area (Å²) in [4.78, 5) is 11.9. The molecule has 5 nitrogen and oxygen atoms in total. The van der Waals surface area contributed by atoms with E-state index in [-0.39, 0.29) is 30.0 Å². The first-order valence-corrected chi connectivity index (χ1v) is 7.79. The average molecular weight is 328 g/mol. The van der Waals surface area contributed by atoms with Gasteiger partial charge in [0.25, 0.3) is 0 Å². The molecule has 0 bridgehead atoms. The van der Waals surface area contributed by atoms with Crippen LogP contribution in [0.15, 0.2) is 18.2 Å². The van der Waals surface area contributed by atoms with Crippen LogP contribution in [0.3, 0.4) is 0 Å². The van der Waals surface area contributed by atoms with E-state index in [4.69, 9.17) is 4.74 Å². The van der Waals surface area contributed by atoms with Gasteiger partial charge in [-0.15, -0.1) is 0 Å². The Kier molecular flexibility index (Phi) is 6.58. The van der Waals surface area contributed by atoms with E-state index in [1.807, 2.05) is 0 Å². The Bertz CT molecular complexity index is 520. The first kappa shape index (κ1) is 17.5. The maximum atomic E-state index is 12.6. The van der Waals surface area contributed by atoms with Crippen LogP contribution in [0.2, 0.25) is 0 Å². The van der Waals surface area contributed by atoms with E-state index < -0.39 is 6.61 Å². The highest BCUT2D eigenvalue weighted by molar-refractivity contribution is 5.76. The molecule has 7 heteroatoms. The van der Waals surface area contributed by atoms with Crippen LogP contribution >= 0.6 is 0 Å². The molecule has 0 radical (unpaired) electrons. The Morgan fingerprint density at radius 3 is 2.96 bits per heavy atom. The molecule has 1 atom stereocenters. The molecule has 1 amide bonds. The van der Waals surface area contributed by atoms with Crippen molar-refractivity contribution in [3.05, 3.63) is 23.8 Å². The minimum absolute atomic E-state index is 0.0244. The van der Waals surface area contributed by atoms with Gasteiger partial charge in [0.1, 0.15) is 0 Å². The van der Waals surface area contributed by atoms with E-state index >= 15 is 0 Å². The average Bonchev–Trinajstić information content (AvgIpc) is 3.00. The van der Waals surface area contributed by atoms with E-state index in [9.17, 15) is 13.6 Å². The monoisotopic (exact) mass is 328 g/mol. The normalized spacial score (nSPS) is 17.3. The molecular weight excluding hydrogens is 306 g/mol. The fourth-order valence-corrected chi connectivity index (χ4v) is 2.61. The van der Waals surface area contributed by atoms with Crippen molar-refractivity contribution in [1.82, 2.24) is 10.6 Å². The minimum Gasteiger partial charge on any atom is -0.490 e. The molecule has 23 heavy (non-hydrogen) atoms. The van der Waals surface area contributed by atoms with Crippen molar-refractivity contribution in [3.8, 4) is 11.5 Å². The summed E-state index contributed by atoms with van der Waals surface area (Å²) in [5.74, 6) is 0.106. The van der Waals surface area contributed by atoms with Gasteiger partial charge in [-0.2, -0.15) is 8.78 Å². The van der Waals surface area contributed by atoms with Crippen LogP contribution in [-0.4, -0.2) is 31.7 Å². The molecule has 1 aliphatic heterocycles. The highest BCUT2D eigenvalue weighted by atomic mass is 19.3. The number of alkyl halides is 2. The summed E-state index contributed by atoms with van der Waals surface area (Å²) >= 11 is 0. The zero-order valence-electron chi connectivity index (χ0n) is 13.1. The van der Waals surface area contributed by atoms with Crippen molar-refractivity contribution >= 4 is 5.91 Å². The van der Waals surface area contributed by atoms with Crippen LogP contribution in [0.1, 0.15) is 31.7 Å². The molecule has 0 aromatic heterocycles. The molecule has 0 spiro atoms. The number of benzene rings is 1. The SMILES string of the molecule is CCOc1cccc(CNC(=O)CC2CCCN2)c1OC(F)F. The van der Waals surface area contributed by atoms with Gasteiger partial charge in [-0.1, -0.05) is 12.1 Å². The first-order valence-electron chi connectivity index (χ1n) is 7.79. The third kappa shape index (κ3) is 5.35. The smallest absolute Gasteiger partial charge is 0.387 e. The van der Waals surface area contributed by atoms with Gasteiger partial charge < -0.3 is 20.1 Å². The maximum absolute atomic E-state index is 12.6. The Hall–Kier alpha value is -1.89. The zero-order chi connectivity index (χ0) is 16.7. The molecule has 128 valence electrons. The molecule has 1 unspecified atom stereocenters. The van der Waals surface area contributed by atoms with E-state index in [1.165, 1.54) is 0 Å². The maximum Gasteiger partial charge on any atom is 0.387 e. The summed E-state index contributed by atoms with van der Waals surface area (Å²) in [5, 5.41) is 5.99. The van der Waals surface area contributed by atoms with Crippen molar-refractivity contribution in [2.45, 2.75) is 45.4 Å². The summed E-state index contributed by atoms with van der Waals surface area (Å²) in [6.45, 7) is 0.196. The van der Waals surface area contributed by atoms with Gasteiger partial charge in [0.15, 0.2) is 11.5 Å². The van der Waals surface area contributed by atoms with E-state index in [0.29, 0.717) is 18.6 Å². The molecule has 2 rings (SSSR count). The molecule has 1 aromatic carbocycles. The molecule has 1 aliphatic rings. The van der Waals surface area contributed by atoms with Crippen molar-refractivity contribution in [1.29, 1.82) is 0 Å². The van der Waals surface area contributed by atoms with Crippen LogP contribution in [0, 0.1) is 0 Å². The summed E-state index contributed by atoms with van der Waals surface area (Å²) in [5.41, 5.74) is 0.462. The lowest BCUT2D eigenvalue weighted by atomic mass is 10.1. The number of nitrogens with one attached hydrogen (secondary N) is 2. The van der Waals surface area contributed by atoms with Gasteiger partial charge in [0.05, 0.1) is 6.61 Å². The Balaban J connectivity index is 1.99. The number of rotatable bonds is 8. The van der Waals surface area contributed by atoms with Gasteiger partial charge in [-0.25, -0.2) is 0 Å². The molecule has 1 heterocycles. The summed E-state index contributed by atoms with van der Waals surface area (Å²) < 4.78 is 35.1. The van der Waals surface area contributed by atoms with Gasteiger partial charge in [-0.3, -0.25) is 4.79 Å². The lowest BCUT2D eigenvalue weighted by molar-refractivity contribution is -0.121. The largest absolute Gasteiger partial charge is 0.490 e. The summed E-state index contributed by atoms with van der Waals surface area (Å²) in [7, 11) is 0. The summed E-state index contributed by atoms with van der Waals surface area (Å²) in [6, 6.07) is 5.08. The number of para-hydroxylation sites is 1. The number of carbonyl (C=O) groups is 1. The Labute approximate surface area is 134 Å². The molecule has 0 saturated carbocycles. The van der Waals surface area contributed by atoms with E-state index in [1.54, 1.807) is 25.1 Å². The minimum atomic E-state index is -2.95. The molecule has 0 aliphatic carbocycles. The van der Waals surface area contributed by atoms with E-state index in [2.05, 4.69) is 15.4 Å². The number of halogens is 2. The molecule has 1 saturated heterocycles. The quantitative estimate of drug-likeness (QED) is 0.769. The third-order valence-electron chi connectivity index (χ3n) is 3.64. The number of ether oxygens (including phenoxy) is 2. The van der Waals surface area contributed by atoms with Gasteiger partial charge in [0, 0.05) is 24.6 Å². The van der Waals surface area contributed by atoms with Crippen LogP contribution in [0.25, 0.3) is 0 Å². The van der Waals surface area contributed by atoms with Crippen molar-refractivity contribution in [3.63, 3.8) is 0 Å². The number of hydrogen-bond donors (Lipinski definition) is 2. The zero-order valence-corrected chi connectivity index (χ0v) is 13.1. The second kappa shape index (κ2) is 8.67. The van der Waals surface area contributed by atoms with Crippen molar-refractivity contribution in [2.24, 2.45) is 0 Å². The Morgan fingerprint density at radius 1 is 1.48 bits per heavy atom. The molecule has 1 aromatic rings. The van der Waals surface area contributed by atoms with Crippen LogP contribution in [0.4, 0.5) is 8.78 Å². The highest BCUT2D eigenvalue weighted by Gasteiger charge is 2.19. The van der Waals surface area contributed by atoms with Gasteiger partial charge in [-0.05, 0) is 32.4 Å². The number of hydrogen-bond acceptors (Lipinski definition) is 4. The van der Waals surface area contributed by atoms with Gasteiger partial charge in [0.2, 0.25) is 5.91 Å². The first-order chi connectivity index (χ1) is 11.1. The second-order valence-corrected chi connectivity index (χ2v) is 5.33. The molecule has 1 fully saturated rings. The third-order valence-corrected chi connectivity index (χ3v) is 3.64. The predicted molar refractivity (Wildman–Crippen MR) is 81.7 cm³/mol. The fourth-order valence-electron chi connectivity index (χ4n) is 2.61. The molecular formula is C16H22F2N2O3. The van der Waals surface area contributed by atoms with Gasteiger partial charge >= 0.3 is 6.61 Å². The van der Waals surface area contributed by atoms with Crippen LogP contribution < -0.4 is 20.1 Å². The fraction of sp³-hybridized carbons (Fsp3) is 0.562. The predicted octanol–water partition coefficient (Wildman–Crippen LogP) is 2.45. The van der Waals surface area contributed by atoms with Crippen LogP contribution in [0.5, 0.6) is 11.5 Å². The van der Waals surface area contributed by atoms with Crippen molar-refractivity contribution < 1.29 is 23.0 Å². The standard InChI is InChI=1S/C16H22F2N2O3/c1-2-22-13-7-3-5-11(15(13)23-16(17)18)10-20-14(21)9-12-6-4-8-19-12/h3,5,7,12,16,19H,2,4,6,8-10H2,1H3,(H,20,21). The van der Waals surface area contributed by atoms with Crippen LogP contribution in [-0.2, 0) is 11.3 Å². The van der Waals surface area contributed by atoms with Crippen molar-refractivity contribution in [2.75, 3.05) is 13.2 Å². The molecule has 2 N–H and O–H groups in total. The lowest BCUT2D eigenvalue weighted by Crippen LogP contribution is -2.31. The highest BCUT2D eigenvalue weighted by Crippen LogP contribution is 2.32. The van der Waals surface area contributed by atoms with E-state index in [0.717, 1.165) is 19.4 Å². The Morgan fingerprint density at radius 2 is 2.30 bits per heavy atom. The summed E-state index contributed by atoms with van der Waals surface area (Å²) in [6.07, 6.45) is 2.43. The number of amides is 1.